The molecular weight excluding hydrogens is 252 g/mol. The lowest BCUT2D eigenvalue weighted by molar-refractivity contribution is -0.123. The molecule has 1 fully saturated rings. The highest BCUT2D eigenvalue weighted by Gasteiger charge is 2.21. The van der Waals surface area contributed by atoms with Crippen LogP contribution in [0.2, 0.25) is 0 Å². The number of carbonyl (C=O) groups excluding carboxylic acids is 1. The van der Waals surface area contributed by atoms with Crippen LogP contribution < -0.4 is 11.1 Å². The van der Waals surface area contributed by atoms with Gasteiger partial charge in [0.1, 0.15) is 6.61 Å². The van der Waals surface area contributed by atoms with Gasteiger partial charge in [0.2, 0.25) is 5.91 Å². The van der Waals surface area contributed by atoms with Crippen molar-refractivity contribution < 1.29 is 9.53 Å². The molecule has 2 atom stereocenters. The van der Waals surface area contributed by atoms with Crippen LogP contribution in [0, 0.1) is 6.92 Å². The first kappa shape index (κ1) is 15.0. The summed E-state index contributed by atoms with van der Waals surface area (Å²) in [6, 6.07) is 7.78. The SMILES string of the molecule is Cc1ccccc1NC(=O)COC1CCCCCC1N. The summed E-state index contributed by atoms with van der Waals surface area (Å²) >= 11 is 0. The summed E-state index contributed by atoms with van der Waals surface area (Å²) in [7, 11) is 0. The first-order chi connectivity index (χ1) is 9.66. The van der Waals surface area contributed by atoms with E-state index in [9.17, 15) is 4.79 Å². The minimum absolute atomic E-state index is 0.0140. The molecule has 0 spiro atoms. The van der Waals surface area contributed by atoms with Gasteiger partial charge in [0.15, 0.2) is 0 Å². The molecule has 1 amide bonds. The van der Waals surface area contributed by atoms with Crippen molar-refractivity contribution in [1.82, 2.24) is 0 Å². The van der Waals surface area contributed by atoms with Gasteiger partial charge in [0.25, 0.3) is 0 Å². The molecular formula is C16H24N2O2. The number of carbonyl (C=O) groups is 1. The summed E-state index contributed by atoms with van der Waals surface area (Å²) in [5, 5.41) is 2.88. The average molecular weight is 276 g/mol. The van der Waals surface area contributed by atoms with Crippen molar-refractivity contribution in [3.05, 3.63) is 29.8 Å². The van der Waals surface area contributed by atoms with Gasteiger partial charge in [0.05, 0.1) is 6.10 Å². The van der Waals surface area contributed by atoms with E-state index in [0.29, 0.717) is 0 Å². The van der Waals surface area contributed by atoms with E-state index in [4.69, 9.17) is 10.5 Å². The van der Waals surface area contributed by atoms with Gasteiger partial charge in [-0.05, 0) is 31.4 Å². The van der Waals surface area contributed by atoms with E-state index < -0.39 is 0 Å². The molecule has 0 bridgehead atoms. The topological polar surface area (TPSA) is 64.3 Å². The monoisotopic (exact) mass is 276 g/mol. The molecule has 2 rings (SSSR count). The lowest BCUT2D eigenvalue weighted by atomic mass is 10.1. The predicted molar refractivity (Wildman–Crippen MR) is 80.6 cm³/mol. The first-order valence-electron chi connectivity index (χ1n) is 7.39. The third-order valence-electron chi connectivity index (χ3n) is 3.85. The number of amides is 1. The summed E-state index contributed by atoms with van der Waals surface area (Å²) in [5.41, 5.74) is 7.97. The standard InChI is InChI=1S/C16H24N2O2/c1-12-7-5-6-9-14(12)18-16(19)11-20-15-10-4-2-3-8-13(15)17/h5-7,9,13,15H,2-4,8,10-11,17H2,1H3,(H,18,19). The van der Waals surface area contributed by atoms with Crippen LogP contribution >= 0.6 is 0 Å². The quantitative estimate of drug-likeness (QED) is 0.831. The van der Waals surface area contributed by atoms with Crippen LogP contribution in [0.3, 0.4) is 0 Å². The van der Waals surface area contributed by atoms with Crippen molar-refractivity contribution in [3.8, 4) is 0 Å². The van der Waals surface area contributed by atoms with E-state index in [1.807, 2.05) is 31.2 Å². The maximum absolute atomic E-state index is 11.9. The van der Waals surface area contributed by atoms with Crippen LogP contribution in [0.15, 0.2) is 24.3 Å². The normalized spacial score (nSPS) is 23.1. The van der Waals surface area contributed by atoms with Crippen molar-refractivity contribution in [2.75, 3.05) is 11.9 Å². The average Bonchev–Trinajstić information content (AvgIpc) is 2.64. The molecule has 3 N–H and O–H groups in total. The Morgan fingerprint density at radius 2 is 2.05 bits per heavy atom. The lowest BCUT2D eigenvalue weighted by Gasteiger charge is -2.21. The third-order valence-corrected chi connectivity index (χ3v) is 3.85. The second-order valence-corrected chi connectivity index (χ2v) is 5.51. The van der Waals surface area contributed by atoms with Crippen LogP contribution in [0.4, 0.5) is 5.69 Å². The van der Waals surface area contributed by atoms with Gasteiger partial charge in [-0.1, -0.05) is 37.5 Å². The molecule has 2 unspecified atom stereocenters. The number of hydrogen-bond donors (Lipinski definition) is 2. The fourth-order valence-corrected chi connectivity index (χ4v) is 2.59. The molecule has 1 aromatic carbocycles. The summed E-state index contributed by atoms with van der Waals surface area (Å²) < 4.78 is 5.71. The molecule has 110 valence electrons. The van der Waals surface area contributed by atoms with E-state index in [-0.39, 0.29) is 24.7 Å². The van der Waals surface area contributed by atoms with E-state index in [2.05, 4.69) is 5.32 Å². The maximum Gasteiger partial charge on any atom is 0.250 e. The third kappa shape index (κ3) is 4.32. The second kappa shape index (κ2) is 7.41. The Morgan fingerprint density at radius 1 is 1.30 bits per heavy atom. The van der Waals surface area contributed by atoms with E-state index in [1.54, 1.807) is 0 Å². The number of anilines is 1. The maximum atomic E-state index is 11.9. The number of hydrogen-bond acceptors (Lipinski definition) is 3. The second-order valence-electron chi connectivity index (χ2n) is 5.51. The number of para-hydroxylation sites is 1. The fraction of sp³-hybridized carbons (Fsp3) is 0.562. The van der Waals surface area contributed by atoms with Crippen LogP contribution in [0.1, 0.15) is 37.7 Å². The van der Waals surface area contributed by atoms with Crippen molar-refractivity contribution in [1.29, 1.82) is 0 Å². The van der Waals surface area contributed by atoms with E-state index >= 15 is 0 Å². The van der Waals surface area contributed by atoms with Gasteiger partial charge in [-0.2, -0.15) is 0 Å². The molecule has 1 saturated carbocycles. The van der Waals surface area contributed by atoms with Gasteiger partial charge in [-0.15, -0.1) is 0 Å². The molecule has 0 saturated heterocycles. The van der Waals surface area contributed by atoms with Crippen molar-refractivity contribution >= 4 is 11.6 Å². The molecule has 4 heteroatoms. The summed E-state index contributed by atoms with van der Waals surface area (Å²) in [4.78, 5) is 11.9. The summed E-state index contributed by atoms with van der Waals surface area (Å²) in [5.74, 6) is -0.115. The number of benzene rings is 1. The van der Waals surface area contributed by atoms with Crippen LogP contribution in [0.5, 0.6) is 0 Å². The van der Waals surface area contributed by atoms with Crippen molar-refractivity contribution in [3.63, 3.8) is 0 Å². The highest BCUT2D eigenvalue weighted by molar-refractivity contribution is 5.92. The minimum Gasteiger partial charge on any atom is -0.367 e. The fourth-order valence-electron chi connectivity index (χ4n) is 2.59. The number of aryl methyl sites for hydroxylation is 1. The Kier molecular flexibility index (Phi) is 5.56. The van der Waals surface area contributed by atoms with Crippen molar-refractivity contribution in [2.45, 2.75) is 51.2 Å². The first-order valence-corrected chi connectivity index (χ1v) is 7.39. The van der Waals surface area contributed by atoms with Gasteiger partial charge in [0, 0.05) is 11.7 Å². The van der Waals surface area contributed by atoms with Gasteiger partial charge >= 0.3 is 0 Å². The molecule has 20 heavy (non-hydrogen) atoms. The Labute approximate surface area is 120 Å². The Bertz CT molecular complexity index is 448. The highest BCUT2D eigenvalue weighted by Crippen LogP contribution is 2.19. The summed E-state index contributed by atoms with van der Waals surface area (Å²) in [6.45, 7) is 2.05. The molecule has 1 aliphatic rings. The van der Waals surface area contributed by atoms with Crippen LogP contribution in [-0.4, -0.2) is 24.7 Å². The smallest absolute Gasteiger partial charge is 0.250 e. The van der Waals surface area contributed by atoms with Gasteiger partial charge in [-0.3, -0.25) is 4.79 Å². The molecule has 4 nitrogen and oxygen atoms in total. The predicted octanol–water partition coefficient (Wildman–Crippen LogP) is 2.61. The molecule has 0 radical (unpaired) electrons. The van der Waals surface area contributed by atoms with Crippen molar-refractivity contribution in [2.24, 2.45) is 5.73 Å². The van der Waals surface area contributed by atoms with Gasteiger partial charge in [-0.25, -0.2) is 0 Å². The Morgan fingerprint density at radius 3 is 2.85 bits per heavy atom. The number of nitrogens with one attached hydrogen (secondary N) is 1. The lowest BCUT2D eigenvalue weighted by Crippen LogP contribution is -2.37. The zero-order valence-corrected chi connectivity index (χ0v) is 12.1. The largest absolute Gasteiger partial charge is 0.367 e. The highest BCUT2D eigenvalue weighted by atomic mass is 16.5. The van der Waals surface area contributed by atoms with Crippen LogP contribution in [0.25, 0.3) is 0 Å². The number of ether oxygens (including phenoxy) is 1. The molecule has 0 aliphatic heterocycles. The number of rotatable bonds is 4. The summed E-state index contributed by atoms with van der Waals surface area (Å²) in [6.07, 6.45) is 5.47. The van der Waals surface area contributed by atoms with E-state index in [1.165, 1.54) is 6.42 Å². The molecule has 1 aliphatic carbocycles. The van der Waals surface area contributed by atoms with E-state index in [0.717, 1.165) is 36.9 Å². The van der Waals surface area contributed by atoms with Crippen LogP contribution in [-0.2, 0) is 9.53 Å². The zero-order valence-electron chi connectivity index (χ0n) is 12.1. The number of nitrogens with two attached hydrogens (primary N) is 1. The molecule has 0 heterocycles. The Hall–Kier alpha value is -1.39. The molecule has 0 aromatic heterocycles. The minimum atomic E-state index is -0.115. The molecule has 1 aromatic rings. The van der Waals surface area contributed by atoms with Gasteiger partial charge < -0.3 is 15.8 Å². The Balaban J connectivity index is 1.81. The zero-order chi connectivity index (χ0) is 14.4.